The van der Waals surface area contributed by atoms with E-state index in [9.17, 15) is 23.8 Å². The van der Waals surface area contributed by atoms with Crippen LogP contribution in [0.2, 0.25) is 0 Å². The van der Waals surface area contributed by atoms with Crippen LogP contribution in [0.4, 0.5) is 19.3 Å². The number of nitrogens with zero attached hydrogens (tertiary/aromatic N) is 8. The summed E-state index contributed by atoms with van der Waals surface area (Å²) in [4.78, 5) is 18.3. The van der Waals surface area contributed by atoms with Crippen molar-refractivity contribution in [1.82, 2.24) is 40.3 Å². The lowest BCUT2D eigenvalue weighted by molar-refractivity contribution is -0.0164. The number of benzene rings is 2. The highest BCUT2D eigenvalue weighted by Crippen LogP contribution is 2.30. The van der Waals surface area contributed by atoms with Crippen molar-refractivity contribution in [1.29, 1.82) is 0 Å². The molecule has 12 nitrogen and oxygen atoms in total. The molecule has 0 radical (unpaired) electrons. The minimum atomic E-state index is -2.03. The van der Waals surface area contributed by atoms with Crippen molar-refractivity contribution in [3.05, 3.63) is 78.6 Å². The third-order valence-corrected chi connectivity index (χ3v) is 5.67. The molecular weight excluding hydrogens is 476 g/mol. The van der Waals surface area contributed by atoms with Gasteiger partial charge in [-0.15, -0.1) is 5.10 Å². The van der Waals surface area contributed by atoms with Gasteiger partial charge in [0.15, 0.2) is 0 Å². The molecule has 2 heterocycles. The Bertz CT molecular complexity index is 1290. The number of hydrogen-bond acceptors (Lipinski definition) is 8. The lowest BCUT2D eigenvalue weighted by Gasteiger charge is -2.36. The van der Waals surface area contributed by atoms with E-state index in [2.05, 4.69) is 30.9 Å². The van der Waals surface area contributed by atoms with Gasteiger partial charge in [0.25, 0.3) is 0 Å². The zero-order valence-electron chi connectivity index (χ0n) is 19.1. The molecule has 0 saturated carbocycles. The largest absolute Gasteiger partial charge is 0.395 e. The fraction of sp³-hybridized carbons (Fsp3) is 0.273. The summed E-state index contributed by atoms with van der Waals surface area (Å²) < 4.78 is 31.0. The van der Waals surface area contributed by atoms with Crippen molar-refractivity contribution in [2.75, 3.05) is 18.1 Å². The lowest BCUT2D eigenvalue weighted by atomic mass is 9.86. The average Bonchev–Trinajstić information content (AvgIpc) is 3.57. The first kappa shape index (κ1) is 24.8. The number of anilines is 1. The van der Waals surface area contributed by atoms with Crippen LogP contribution in [-0.4, -0.2) is 70.4 Å². The summed E-state index contributed by atoms with van der Waals surface area (Å²) in [5, 5.41) is 38.7. The molecule has 4 aromatic rings. The Morgan fingerprint density at radius 2 is 1.97 bits per heavy atom. The first-order valence-electron chi connectivity index (χ1n) is 10.8. The van der Waals surface area contributed by atoms with E-state index in [0.29, 0.717) is 17.4 Å². The minimum absolute atomic E-state index is 0.0603. The number of amides is 2. The first-order chi connectivity index (χ1) is 17.3. The van der Waals surface area contributed by atoms with E-state index >= 15 is 0 Å². The SMILES string of the molecule is C[C@@H](NC(=O)N(CCO)c1ccc(-n2cnnn2)cc1)[C@](O)(Cn1cncn1)c1ccc(F)cc1F. The van der Waals surface area contributed by atoms with Crippen LogP contribution in [0.25, 0.3) is 5.69 Å². The smallest absolute Gasteiger partial charge is 0.322 e. The first-order valence-corrected chi connectivity index (χ1v) is 10.8. The Morgan fingerprint density at radius 1 is 1.19 bits per heavy atom. The summed E-state index contributed by atoms with van der Waals surface area (Å²) in [5.74, 6) is -1.79. The zero-order chi connectivity index (χ0) is 25.7. The van der Waals surface area contributed by atoms with E-state index in [1.807, 2.05) is 0 Å². The molecule has 2 atom stereocenters. The normalized spacial score (nSPS) is 13.7. The predicted octanol–water partition coefficient (Wildman–Crippen LogP) is 1.02. The highest BCUT2D eigenvalue weighted by Gasteiger charge is 2.40. The van der Waals surface area contributed by atoms with Crippen LogP contribution >= 0.6 is 0 Å². The standard InChI is InChI=1S/C22H23F2N9O3/c1-15(22(36,11-31-13-25-12-27-31)19-7-2-16(23)10-20(19)24)28-21(35)32(8-9-34)17-3-5-18(6-4-17)33-14-26-29-30-33/h2-7,10,12-15,34,36H,8-9,11H2,1H3,(H,28,35)/t15-,22-/m1/s1. The van der Waals surface area contributed by atoms with Gasteiger partial charge >= 0.3 is 6.03 Å². The van der Waals surface area contributed by atoms with Crippen LogP contribution in [0.15, 0.2) is 61.4 Å². The zero-order valence-corrected chi connectivity index (χ0v) is 19.1. The third kappa shape index (κ3) is 5.18. The number of aromatic nitrogens is 7. The van der Waals surface area contributed by atoms with Gasteiger partial charge in [0.1, 0.15) is 36.2 Å². The Balaban J connectivity index is 1.60. The van der Waals surface area contributed by atoms with Crippen LogP contribution < -0.4 is 10.2 Å². The summed E-state index contributed by atoms with van der Waals surface area (Å²) in [5.41, 5.74) is -1.17. The van der Waals surface area contributed by atoms with Crippen molar-refractivity contribution in [3.8, 4) is 5.69 Å². The van der Waals surface area contributed by atoms with Crippen molar-refractivity contribution in [2.24, 2.45) is 0 Å². The van der Waals surface area contributed by atoms with Crippen LogP contribution in [0.1, 0.15) is 12.5 Å². The second kappa shape index (κ2) is 10.5. The second-order valence-electron chi connectivity index (χ2n) is 7.96. The molecule has 188 valence electrons. The number of aliphatic hydroxyl groups is 2. The van der Waals surface area contributed by atoms with Crippen molar-refractivity contribution in [2.45, 2.75) is 25.1 Å². The minimum Gasteiger partial charge on any atom is -0.395 e. The van der Waals surface area contributed by atoms with Gasteiger partial charge < -0.3 is 15.5 Å². The maximum atomic E-state index is 14.8. The monoisotopic (exact) mass is 499 g/mol. The number of urea groups is 1. The number of tetrazole rings is 1. The lowest BCUT2D eigenvalue weighted by Crippen LogP contribution is -2.55. The summed E-state index contributed by atoms with van der Waals surface area (Å²) in [6.07, 6.45) is 3.98. The van der Waals surface area contributed by atoms with E-state index in [-0.39, 0.29) is 25.3 Å². The van der Waals surface area contributed by atoms with Crippen molar-refractivity contribution >= 4 is 11.7 Å². The molecule has 0 aliphatic heterocycles. The molecule has 0 aliphatic rings. The molecule has 3 N–H and O–H groups in total. The Hall–Kier alpha value is -4.30. The molecule has 0 saturated heterocycles. The van der Waals surface area contributed by atoms with E-state index in [4.69, 9.17) is 0 Å². The van der Waals surface area contributed by atoms with Gasteiger partial charge in [0.2, 0.25) is 0 Å². The highest BCUT2D eigenvalue weighted by molar-refractivity contribution is 5.92. The van der Waals surface area contributed by atoms with E-state index < -0.39 is 29.3 Å². The predicted molar refractivity (Wildman–Crippen MR) is 122 cm³/mol. The number of rotatable bonds is 9. The van der Waals surface area contributed by atoms with Crippen molar-refractivity contribution < 1.29 is 23.8 Å². The topological polar surface area (TPSA) is 147 Å². The van der Waals surface area contributed by atoms with E-state index in [1.165, 1.54) is 40.2 Å². The molecule has 0 bridgehead atoms. The van der Waals surface area contributed by atoms with Gasteiger partial charge in [0.05, 0.1) is 31.4 Å². The Labute approximate surface area is 203 Å². The fourth-order valence-corrected chi connectivity index (χ4v) is 3.75. The third-order valence-electron chi connectivity index (χ3n) is 5.67. The number of nitrogens with one attached hydrogen (secondary N) is 1. The van der Waals surface area contributed by atoms with E-state index in [1.54, 1.807) is 24.3 Å². The van der Waals surface area contributed by atoms with E-state index in [0.717, 1.165) is 12.1 Å². The molecule has 36 heavy (non-hydrogen) atoms. The summed E-state index contributed by atoms with van der Waals surface area (Å²) >= 11 is 0. The molecule has 14 heteroatoms. The van der Waals surface area contributed by atoms with Crippen LogP contribution in [0.3, 0.4) is 0 Å². The number of aliphatic hydroxyl groups excluding tert-OH is 1. The maximum absolute atomic E-state index is 14.8. The number of hydrogen-bond donors (Lipinski definition) is 3. The molecule has 0 aliphatic carbocycles. The number of carbonyl (C=O) groups is 1. The summed E-state index contributed by atoms with van der Waals surface area (Å²) in [6, 6.07) is 7.68. The highest BCUT2D eigenvalue weighted by atomic mass is 19.1. The van der Waals surface area contributed by atoms with Gasteiger partial charge in [-0.1, -0.05) is 6.07 Å². The molecule has 0 fully saturated rings. The molecule has 0 spiro atoms. The number of carbonyl (C=O) groups excluding carboxylic acids is 1. The second-order valence-corrected chi connectivity index (χ2v) is 7.96. The van der Waals surface area contributed by atoms with Gasteiger partial charge in [-0.25, -0.2) is 27.9 Å². The quantitative estimate of drug-likeness (QED) is 0.309. The van der Waals surface area contributed by atoms with Gasteiger partial charge in [0, 0.05) is 17.3 Å². The summed E-state index contributed by atoms with van der Waals surface area (Å²) in [6.45, 7) is 0.800. The average molecular weight is 499 g/mol. The fourth-order valence-electron chi connectivity index (χ4n) is 3.75. The van der Waals surface area contributed by atoms with Crippen LogP contribution in [-0.2, 0) is 12.1 Å². The summed E-state index contributed by atoms with van der Waals surface area (Å²) in [7, 11) is 0. The Morgan fingerprint density at radius 3 is 2.58 bits per heavy atom. The number of halogens is 2. The molecule has 2 aromatic carbocycles. The van der Waals surface area contributed by atoms with Crippen LogP contribution in [0.5, 0.6) is 0 Å². The molecule has 2 aromatic heterocycles. The van der Waals surface area contributed by atoms with Gasteiger partial charge in [-0.3, -0.25) is 4.90 Å². The van der Waals surface area contributed by atoms with Crippen LogP contribution in [0, 0.1) is 11.6 Å². The molecule has 4 rings (SSSR count). The van der Waals surface area contributed by atoms with Crippen molar-refractivity contribution in [3.63, 3.8) is 0 Å². The maximum Gasteiger partial charge on any atom is 0.322 e. The van der Waals surface area contributed by atoms with Gasteiger partial charge in [-0.2, -0.15) is 5.10 Å². The molecule has 2 amide bonds. The van der Waals surface area contributed by atoms with Gasteiger partial charge in [-0.05, 0) is 47.7 Å². The Kier molecular flexibility index (Phi) is 7.26. The molecule has 0 unspecified atom stereocenters. The molecular formula is C22H23F2N9O3.